The molecule has 0 radical (unpaired) electrons. The summed E-state index contributed by atoms with van der Waals surface area (Å²) in [6, 6.07) is 12.6. The number of likely N-dealkylation sites (tertiary alicyclic amines) is 1. The number of carbonyl (C=O) groups is 2. The van der Waals surface area contributed by atoms with Crippen LogP contribution in [0, 0.1) is 5.92 Å². The second-order valence-electron chi connectivity index (χ2n) is 7.66. The molecule has 2 aromatic rings. The van der Waals surface area contributed by atoms with E-state index in [0.29, 0.717) is 41.7 Å². The first kappa shape index (κ1) is 22.9. The maximum atomic E-state index is 13.2. The summed E-state index contributed by atoms with van der Waals surface area (Å²) in [6.07, 6.45) is 1.91. The van der Waals surface area contributed by atoms with E-state index < -0.39 is 0 Å². The number of methoxy groups -OCH3 is 2. The van der Waals surface area contributed by atoms with E-state index in [2.05, 4.69) is 12.2 Å². The summed E-state index contributed by atoms with van der Waals surface area (Å²) in [4.78, 5) is 28.0. The zero-order valence-electron chi connectivity index (χ0n) is 18.2. The fraction of sp³-hybridized carbons (Fsp3) is 0.417. The van der Waals surface area contributed by atoms with Gasteiger partial charge in [-0.15, -0.1) is 0 Å². The minimum Gasteiger partial charge on any atom is -0.497 e. The highest BCUT2D eigenvalue weighted by Gasteiger charge is 2.42. The van der Waals surface area contributed by atoms with Gasteiger partial charge in [0.05, 0.1) is 30.7 Å². The largest absolute Gasteiger partial charge is 0.497 e. The van der Waals surface area contributed by atoms with Crippen molar-refractivity contribution in [2.24, 2.45) is 5.92 Å². The van der Waals surface area contributed by atoms with Crippen LogP contribution in [0.1, 0.15) is 41.6 Å². The van der Waals surface area contributed by atoms with Gasteiger partial charge in [0, 0.05) is 37.2 Å². The van der Waals surface area contributed by atoms with Gasteiger partial charge in [-0.25, -0.2) is 0 Å². The third kappa shape index (κ3) is 5.13. The van der Waals surface area contributed by atoms with Gasteiger partial charge in [-0.2, -0.15) is 0 Å². The summed E-state index contributed by atoms with van der Waals surface area (Å²) in [7, 11) is 3.19. The Labute approximate surface area is 188 Å². The SMILES string of the molecule is CCCCNC(=O)[C@@H]1CN(C(=O)c2ccccc2Cl)C[C@H]1c1ccc(OC)cc1OC. The molecule has 0 bridgehead atoms. The van der Waals surface area contributed by atoms with Gasteiger partial charge >= 0.3 is 0 Å². The summed E-state index contributed by atoms with van der Waals surface area (Å²) in [5, 5.41) is 3.43. The number of nitrogens with one attached hydrogen (secondary N) is 1. The first-order chi connectivity index (χ1) is 15.0. The highest BCUT2D eigenvalue weighted by atomic mass is 35.5. The summed E-state index contributed by atoms with van der Waals surface area (Å²) >= 11 is 6.25. The van der Waals surface area contributed by atoms with E-state index in [1.54, 1.807) is 49.5 Å². The average molecular weight is 445 g/mol. The van der Waals surface area contributed by atoms with E-state index in [9.17, 15) is 9.59 Å². The molecular weight excluding hydrogens is 416 g/mol. The normalized spacial score (nSPS) is 18.0. The Morgan fingerprint density at radius 2 is 1.90 bits per heavy atom. The lowest BCUT2D eigenvalue weighted by Crippen LogP contribution is -2.36. The van der Waals surface area contributed by atoms with Crippen molar-refractivity contribution in [3.8, 4) is 11.5 Å². The molecule has 0 unspecified atom stereocenters. The van der Waals surface area contributed by atoms with E-state index in [1.807, 2.05) is 12.1 Å². The molecule has 0 spiro atoms. The molecule has 2 amide bonds. The van der Waals surface area contributed by atoms with E-state index in [-0.39, 0.29) is 23.7 Å². The molecule has 6 nitrogen and oxygen atoms in total. The predicted octanol–water partition coefficient (Wildman–Crippen LogP) is 4.13. The van der Waals surface area contributed by atoms with E-state index in [0.717, 1.165) is 18.4 Å². The fourth-order valence-corrected chi connectivity index (χ4v) is 4.22. The summed E-state index contributed by atoms with van der Waals surface area (Å²) < 4.78 is 10.9. The van der Waals surface area contributed by atoms with E-state index in [1.165, 1.54) is 0 Å². The van der Waals surface area contributed by atoms with Crippen LogP contribution >= 0.6 is 11.6 Å². The molecule has 7 heteroatoms. The third-order valence-electron chi connectivity index (χ3n) is 5.72. The maximum absolute atomic E-state index is 13.2. The molecule has 31 heavy (non-hydrogen) atoms. The van der Waals surface area contributed by atoms with Crippen LogP contribution in [0.3, 0.4) is 0 Å². The number of amides is 2. The molecule has 0 aliphatic carbocycles. The molecule has 2 atom stereocenters. The summed E-state index contributed by atoms with van der Waals surface area (Å²) in [6.45, 7) is 3.42. The number of nitrogens with zero attached hydrogens (tertiary/aromatic N) is 1. The molecule has 1 saturated heterocycles. The van der Waals surface area contributed by atoms with Gasteiger partial charge in [0.15, 0.2) is 0 Å². The number of carbonyl (C=O) groups excluding carboxylic acids is 2. The Balaban J connectivity index is 1.92. The Morgan fingerprint density at radius 1 is 1.13 bits per heavy atom. The zero-order valence-corrected chi connectivity index (χ0v) is 18.9. The Bertz CT molecular complexity index is 934. The topological polar surface area (TPSA) is 67.9 Å². The number of benzene rings is 2. The molecule has 1 heterocycles. The second-order valence-corrected chi connectivity index (χ2v) is 8.06. The molecule has 1 aliphatic heterocycles. The van der Waals surface area contributed by atoms with Crippen molar-refractivity contribution in [3.63, 3.8) is 0 Å². The average Bonchev–Trinajstić information content (AvgIpc) is 3.24. The molecule has 3 rings (SSSR count). The van der Waals surface area contributed by atoms with Crippen molar-refractivity contribution >= 4 is 23.4 Å². The van der Waals surface area contributed by atoms with Crippen LogP contribution in [-0.2, 0) is 4.79 Å². The molecule has 1 aliphatic rings. The molecule has 0 aromatic heterocycles. The number of hydrogen-bond donors (Lipinski definition) is 1. The lowest BCUT2D eigenvalue weighted by atomic mass is 9.87. The van der Waals surface area contributed by atoms with E-state index in [4.69, 9.17) is 21.1 Å². The van der Waals surface area contributed by atoms with Crippen LogP contribution in [0.15, 0.2) is 42.5 Å². The van der Waals surface area contributed by atoms with Crippen LogP contribution in [0.4, 0.5) is 0 Å². The quantitative estimate of drug-likeness (QED) is 0.621. The number of hydrogen-bond acceptors (Lipinski definition) is 4. The van der Waals surface area contributed by atoms with Crippen LogP contribution < -0.4 is 14.8 Å². The minimum atomic E-state index is -0.384. The Hall–Kier alpha value is -2.73. The standard InChI is InChI=1S/C24H29ClN2O4/c1-4-5-12-26-23(28)20-15-27(24(29)18-8-6-7-9-21(18)25)14-19(20)17-11-10-16(30-2)13-22(17)31-3/h6-11,13,19-20H,4-5,12,14-15H2,1-3H3,(H,26,28)/t19-,20+/m0/s1. The number of ether oxygens (including phenoxy) is 2. The molecule has 1 fully saturated rings. The van der Waals surface area contributed by atoms with Crippen molar-refractivity contribution < 1.29 is 19.1 Å². The number of halogens is 1. The molecule has 1 N–H and O–H groups in total. The molecule has 2 aromatic carbocycles. The highest BCUT2D eigenvalue weighted by Crippen LogP contribution is 2.40. The molecular formula is C24H29ClN2O4. The van der Waals surface area contributed by atoms with Crippen LogP contribution in [0.2, 0.25) is 5.02 Å². The monoisotopic (exact) mass is 444 g/mol. The lowest BCUT2D eigenvalue weighted by molar-refractivity contribution is -0.124. The van der Waals surface area contributed by atoms with Gasteiger partial charge in [0.1, 0.15) is 11.5 Å². The van der Waals surface area contributed by atoms with Crippen molar-refractivity contribution in [3.05, 3.63) is 58.6 Å². The Morgan fingerprint density at radius 3 is 2.58 bits per heavy atom. The molecule has 166 valence electrons. The smallest absolute Gasteiger partial charge is 0.255 e. The zero-order chi connectivity index (χ0) is 22.4. The summed E-state index contributed by atoms with van der Waals surface area (Å²) in [5.41, 5.74) is 1.32. The van der Waals surface area contributed by atoms with Crippen molar-refractivity contribution in [1.82, 2.24) is 10.2 Å². The van der Waals surface area contributed by atoms with Gasteiger partial charge in [0.2, 0.25) is 5.91 Å². The van der Waals surface area contributed by atoms with Gasteiger partial charge < -0.3 is 19.7 Å². The van der Waals surface area contributed by atoms with Crippen LogP contribution in [0.5, 0.6) is 11.5 Å². The highest BCUT2D eigenvalue weighted by molar-refractivity contribution is 6.33. The van der Waals surface area contributed by atoms with Crippen molar-refractivity contribution in [2.75, 3.05) is 33.9 Å². The van der Waals surface area contributed by atoms with Crippen LogP contribution in [0.25, 0.3) is 0 Å². The first-order valence-electron chi connectivity index (χ1n) is 10.5. The van der Waals surface area contributed by atoms with Gasteiger partial charge in [-0.05, 0) is 24.6 Å². The molecule has 0 saturated carbocycles. The van der Waals surface area contributed by atoms with Gasteiger partial charge in [-0.3, -0.25) is 9.59 Å². The van der Waals surface area contributed by atoms with Gasteiger partial charge in [0.25, 0.3) is 5.91 Å². The number of rotatable bonds is 8. The van der Waals surface area contributed by atoms with Crippen LogP contribution in [-0.4, -0.2) is 50.6 Å². The number of unbranched alkanes of at least 4 members (excludes halogenated alkanes) is 1. The third-order valence-corrected chi connectivity index (χ3v) is 6.05. The summed E-state index contributed by atoms with van der Waals surface area (Å²) in [5.74, 6) is 0.506. The fourth-order valence-electron chi connectivity index (χ4n) is 4.00. The minimum absolute atomic E-state index is 0.0502. The second kappa shape index (κ2) is 10.5. The first-order valence-corrected chi connectivity index (χ1v) is 10.9. The maximum Gasteiger partial charge on any atom is 0.255 e. The van der Waals surface area contributed by atoms with Gasteiger partial charge in [-0.1, -0.05) is 43.1 Å². The van der Waals surface area contributed by atoms with Crippen molar-refractivity contribution in [2.45, 2.75) is 25.7 Å². The van der Waals surface area contributed by atoms with Crippen molar-refractivity contribution in [1.29, 1.82) is 0 Å². The predicted molar refractivity (Wildman–Crippen MR) is 121 cm³/mol. The lowest BCUT2D eigenvalue weighted by Gasteiger charge is -2.21. The van der Waals surface area contributed by atoms with E-state index >= 15 is 0 Å². The Kier molecular flexibility index (Phi) is 7.80.